The van der Waals surface area contributed by atoms with Crippen LogP contribution in [0.5, 0.6) is 0 Å². The lowest BCUT2D eigenvalue weighted by atomic mass is 10.1. The van der Waals surface area contributed by atoms with Crippen molar-refractivity contribution in [2.24, 2.45) is 5.73 Å². The lowest BCUT2D eigenvalue weighted by Crippen LogP contribution is -2.52. The number of hydrazine groups is 1. The SMILES string of the molecule is CC(C(=O)c1ccccc1)N(C(=O)OCc1ccccc1)N(C)c1ccc(C2CC2N)cc1. The molecule has 0 aromatic heterocycles. The molecule has 33 heavy (non-hydrogen) atoms. The van der Waals surface area contributed by atoms with Crippen molar-refractivity contribution in [1.82, 2.24) is 5.01 Å². The zero-order valence-corrected chi connectivity index (χ0v) is 18.9. The minimum Gasteiger partial charge on any atom is -0.443 e. The van der Waals surface area contributed by atoms with Gasteiger partial charge in [-0.3, -0.25) is 9.80 Å². The maximum absolute atomic E-state index is 13.2. The summed E-state index contributed by atoms with van der Waals surface area (Å²) >= 11 is 0. The van der Waals surface area contributed by atoms with E-state index in [1.54, 1.807) is 31.1 Å². The third kappa shape index (κ3) is 5.23. The largest absolute Gasteiger partial charge is 0.443 e. The first-order chi connectivity index (χ1) is 16.0. The van der Waals surface area contributed by atoms with Gasteiger partial charge >= 0.3 is 6.09 Å². The van der Waals surface area contributed by atoms with Crippen molar-refractivity contribution in [3.05, 3.63) is 102 Å². The predicted molar refractivity (Wildman–Crippen MR) is 129 cm³/mol. The Bertz CT molecular complexity index is 1090. The Labute approximate surface area is 194 Å². The Kier molecular flexibility index (Phi) is 6.75. The topological polar surface area (TPSA) is 75.9 Å². The zero-order chi connectivity index (χ0) is 23.4. The van der Waals surface area contributed by atoms with Crippen LogP contribution in [0.3, 0.4) is 0 Å². The summed E-state index contributed by atoms with van der Waals surface area (Å²) in [4.78, 5) is 26.4. The van der Waals surface area contributed by atoms with Gasteiger partial charge in [0, 0.05) is 24.6 Å². The molecule has 3 aromatic carbocycles. The van der Waals surface area contributed by atoms with Crippen molar-refractivity contribution < 1.29 is 14.3 Å². The summed E-state index contributed by atoms with van der Waals surface area (Å²) in [5.74, 6) is 0.231. The lowest BCUT2D eigenvalue weighted by molar-refractivity contribution is 0.0659. The molecule has 6 nitrogen and oxygen atoms in total. The van der Waals surface area contributed by atoms with Gasteiger partial charge in [-0.1, -0.05) is 72.8 Å². The highest BCUT2D eigenvalue weighted by Crippen LogP contribution is 2.39. The molecular formula is C27H29N3O3. The first-order valence-electron chi connectivity index (χ1n) is 11.1. The molecular weight excluding hydrogens is 414 g/mol. The number of amides is 1. The van der Waals surface area contributed by atoms with Crippen LogP contribution in [0, 0.1) is 0 Å². The average molecular weight is 444 g/mol. The van der Waals surface area contributed by atoms with Gasteiger partial charge in [0.15, 0.2) is 5.78 Å². The van der Waals surface area contributed by atoms with Crippen LogP contribution >= 0.6 is 0 Å². The molecule has 0 aliphatic heterocycles. The van der Waals surface area contributed by atoms with Gasteiger partial charge in [-0.25, -0.2) is 9.80 Å². The van der Waals surface area contributed by atoms with Crippen LogP contribution in [0.25, 0.3) is 0 Å². The van der Waals surface area contributed by atoms with E-state index in [9.17, 15) is 9.59 Å². The number of carbonyl (C=O) groups excluding carboxylic acids is 2. The Morgan fingerprint density at radius 1 is 0.970 bits per heavy atom. The van der Waals surface area contributed by atoms with E-state index in [4.69, 9.17) is 10.5 Å². The van der Waals surface area contributed by atoms with E-state index >= 15 is 0 Å². The molecule has 3 unspecified atom stereocenters. The molecule has 0 saturated heterocycles. The molecule has 1 aliphatic rings. The second kappa shape index (κ2) is 9.88. The molecule has 2 N–H and O–H groups in total. The summed E-state index contributed by atoms with van der Waals surface area (Å²) in [7, 11) is 1.76. The standard InChI is InChI=1S/C27H29N3O3/c1-19(26(31)22-11-7-4-8-12-22)30(27(32)33-18-20-9-5-3-6-10-20)29(2)23-15-13-21(14-16-23)24-17-25(24)28/h3-16,19,24-25H,17-18,28H2,1-2H3. The van der Waals surface area contributed by atoms with Gasteiger partial charge in [0.1, 0.15) is 12.6 Å². The van der Waals surface area contributed by atoms with Crippen LogP contribution in [-0.2, 0) is 11.3 Å². The van der Waals surface area contributed by atoms with Crippen LogP contribution < -0.4 is 10.7 Å². The average Bonchev–Trinajstić information content (AvgIpc) is 3.60. The number of nitrogens with two attached hydrogens (primary N) is 1. The van der Waals surface area contributed by atoms with Crippen LogP contribution in [0.15, 0.2) is 84.9 Å². The number of carbonyl (C=O) groups is 2. The van der Waals surface area contributed by atoms with Gasteiger partial charge in [-0.05, 0) is 36.6 Å². The maximum atomic E-state index is 13.2. The molecule has 0 radical (unpaired) electrons. The van der Waals surface area contributed by atoms with Crippen molar-refractivity contribution in [1.29, 1.82) is 0 Å². The number of anilines is 1. The summed E-state index contributed by atoms with van der Waals surface area (Å²) in [6.45, 7) is 1.84. The van der Waals surface area contributed by atoms with Crippen LogP contribution in [0.4, 0.5) is 10.5 Å². The highest BCUT2D eigenvalue weighted by molar-refractivity contribution is 6.01. The quantitative estimate of drug-likeness (QED) is 0.401. The fourth-order valence-electron chi connectivity index (χ4n) is 3.94. The third-order valence-corrected chi connectivity index (χ3v) is 6.05. The number of hydrogen-bond donors (Lipinski definition) is 1. The minimum atomic E-state index is -0.766. The maximum Gasteiger partial charge on any atom is 0.429 e. The molecule has 1 aliphatic carbocycles. The van der Waals surface area contributed by atoms with Crippen molar-refractivity contribution in [2.75, 3.05) is 12.1 Å². The number of rotatable bonds is 8. The molecule has 1 saturated carbocycles. The van der Waals surface area contributed by atoms with E-state index < -0.39 is 12.1 Å². The fourth-order valence-corrected chi connectivity index (χ4v) is 3.94. The second-order valence-corrected chi connectivity index (χ2v) is 8.41. The number of hydrogen-bond acceptors (Lipinski definition) is 5. The summed E-state index contributed by atoms with van der Waals surface area (Å²) in [6, 6.07) is 25.8. The highest BCUT2D eigenvalue weighted by Gasteiger charge is 2.35. The van der Waals surface area contributed by atoms with Crippen molar-refractivity contribution >= 4 is 17.6 Å². The third-order valence-electron chi connectivity index (χ3n) is 6.05. The van der Waals surface area contributed by atoms with E-state index in [1.807, 2.05) is 72.8 Å². The first-order valence-corrected chi connectivity index (χ1v) is 11.1. The second-order valence-electron chi connectivity index (χ2n) is 8.41. The molecule has 3 atom stereocenters. The van der Waals surface area contributed by atoms with Crippen molar-refractivity contribution in [2.45, 2.75) is 38.0 Å². The summed E-state index contributed by atoms with van der Waals surface area (Å²) in [5.41, 5.74) is 9.35. The Balaban J connectivity index is 1.56. The number of benzene rings is 3. The molecule has 0 spiro atoms. The Morgan fingerprint density at radius 2 is 1.55 bits per heavy atom. The summed E-state index contributed by atoms with van der Waals surface area (Å²) < 4.78 is 5.60. The van der Waals surface area contributed by atoms with Gasteiger partial charge in [0.2, 0.25) is 0 Å². The zero-order valence-electron chi connectivity index (χ0n) is 18.9. The molecule has 0 bridgehead atoms. The molecule has 170 valence electrons. The lowest BCUT2D eigenvalue weighted by Gasteiger charge is -2.36. The normalized spacial score (nSPS) is 17.7. The number of ether oxygens (including phenoxy) is 1. The van der Waals surface area contributed by atoms with Gasteiger partial charge in [-0.2, -0.15) is 0 Å². The number of Topliss-reactive ketones (excluding diaryl/α,β-unsaturated/α-hetero) is 1. The van der Waals surface area contributed by atoms with E-state index in [0.717, 1.165) is 17.7 Å². The van der Waals surface area contributed by atoms with E-state index in [-0.39, 0.29) is 18.4 Å². The van der Waals surface area contributed by atoms with Gasteiger partial charge < -0.3 is 10.5 Å². The Morgan fingerprint density at radius 3 is 2.12 bits per heavy atom. The van der Waals surface area contributed by atoms with Gasteiger partial charge in [-0.15, -0.1) is 0 Å². The van der Waals surface area contributed by atoms with E-state index in [1.165, 1.54) is 10.6 Å². The van der Waals surface area contributed by atoms with Crippen molar-refractivity contribution in [3.8, 4) is 0 Å². The minimum absolute atomic E-state index is 0.120. The summed E-state index contributed by atoms with van der Waals surface area (Å²) in [6.07, 6.45) is 0.404. The van der Waals surface area contributed by atoms with Crippen molar-refractivity contribution in [3.63, 3.8) is 0 Å². The van der Waals surface area contributed by atoms with Crippen LogP contribution in [-0.4, -0.2) is 36.0 Å². The van der Waals surface area contributed by atoms with E-state index in [2.05, 4.69) is 0 Å². The number of ketones is 1. The highest BCUT2D eigenvalue weighted by atomic mass is 16.6. The fraction of sp³-hybridized carbons (Fsp3) is 0.259. The summed E-state index contributed by atoms with van der Waals surface area (Å²) in [5, 5.41) is 3.05. The smallest absolute Gasteiger partial charge is 0.429 e. The predicted octanol–water partition coefficient (Wildman–Crippen LogP) is 4.76. The first kappa shape index (κ1) is 22.6. The molecule has 1 amide bonds. The monoisotopic (exact) mass is 443 g/mol. The molecule has 3 aromatic rings. The molecule has 0 heterocycles. The molecule has 4 rings (SSSR count). The van der Waals surface area contributed by atoms with Crippen LogP contribution in [0.2, 0.25) is 0 Å². The van der Waals surface area contributed by atoms with E-state index in [0.29, 0.717) is 11.5 Å². The molecule has 6 heteroatoms. The van der Waals surface area contributed by atoms with Gasteiger partial charge in [0.05, 0.1) is 5.69 Å². The molecule has 1 fully saturated rings. The van der Waals surface area contributed by atoms with Crippen LogP contribution in [0.1, 0.15) is 40.7 Å². The van der Waals surface area contributed by atoms with Gasteiger partial charge in [0.25, 0.3) is 0 Å². The Hall–Kier alpha value is -3.64. The number of nitrogens with zero attached hydrogens (tertiary/aromatic N) is 2.